The van der Waals surface area contributed by atoms with Crippen LogP contribution in [0.5, 0.6) is 0 Å². The molecule has 1 saturated heterocycles. The van der Waals surface area contributed by atoms with Gasteiger partial charge in [-0.15, -0.1) is 11.3 Å². The van der Waals surface area contributed by atoms with Crippen molar-refractivity contribution in [3.63, 3.8) is 0 Å². The zero-order valence-corrected chi connectivity index (χ0v) is 12.8. The van der Waals surface area contributed by atoms with Crippen LogP contribution in [-0.4, -0.2) is 41.4 Å². The number of carbonyl (C=O) groups excluding carboxylic acids is 2. The van der Waals surface area contributed by atoms with Gasteiger partial charge in [0.1, 0.15) is 0 Å². The molecular formula is C13H19N3O2S2. The summed E-state index contributed by atoms with van der Waals surface area (Å²) in [5, 5.41) is 4.59. The van der Waals surface area contributed by atoms with E-state index in [1.807, 2.05) is 34.2 Å². The zero-order chi connectivity index (χ0) is 14.4. The maximum absolute atomic E-state index is 12.4. The second-order valence-electron chi connectivity index (χ2n) is 4.63. The third kappa shape index (κ3) is 4.42. The minimum atomic E-state index is -0.595. The summed E-state index contributed by atoms with van der Waals surface area (Å²) in [6.45, 7) is 1.59. The molecule has 0 bridgehead atoms. The van der Waals surface area contributed by atoms with Crippen molar-refractivity contribution in [2.75, 3.05) is 24.6 Å². The molecule has 1 atom stereocenters. The maximum Gasteiger partial charge on any atom is 0.312 e. The number of hydrogen-bond donors (Lipinski definition) is 2. The first-order valence-electron chi connectivity index (χ1n) is 6.61. The Hall–Kier alpha value is -1.21. The summed E-state index contributed by atoms with van der Waals surface area (Å²) in [5.74, 6) is 2.18. The van der Waals surface area contributed by atoms with Crippen LogP contribution in [0.1, 0.15) is 23.8 Å². The molecule has 2 heterocycles. The van der Waals surface area contributed by atoms with Gasteiger partial charge in [-0.1, -0.05) is 6.07 Å². The maximum atomic E-state index is 12.4. The number of urea groups is 1. The summed E-state index contributed by atoms with van der Waals surface area (Å²) in [7, 11) is 0. The molecule has 5 nitrogen and oxygen atoms in total. The highest BCUT2D eigenvalue weighted by atomic mass is 32.2. The van der Waals surface area contributed by atoms with Gasteiger partial charge in [0.2, 0.25) is 5.91 Å². The van der Waals surface area contributed by atoms with Gasteiger partial charge in [-0.05, 0) is 23.6 Å². The number of thioether (sulfide) groups is 1. The first kappa shape index (κ1) is 15.2. The van der Waals surface area contributed by atoms with E-state index < -0.39 is 6.03 Å². The monoisotopic (exact) mass is 313 g/mol. The van der Waals surface area contributed by atoms with Crippen LogP contribution in [0.4, 0.5) is 4.79 Å². The molecule has 0 radical (unpaired) electrons. The number of rotatable bonds is 4. The average Bonchev–Trinajstić information content (AvgIpc) is 2.79. The third-order valence-corrected chi connectivity index (χ3v) is 5.19. The molecule has 1 aliphatic heterocycles. The average molecular weight is 313 g/mol. The smallest absolute Gasteiger partial charge is 0.312 e. The number of thiophene rings is 1. The fourth-order valence-electron chi connectivity index (χ4n) is 2.18. The number of amides is 3. The Kier molecular flexibility index (Phi) is 5.72. The van der Waals surface area contributed by atoms with Crippen molar-refractivity contribution in [1.82, 2.24) is 10.2 Å². The molecule has 3 amide bonds. The van der Waals surface area contributed by atoms with Crippen LogP contribution in [0.2, 0.25) is 0 Å². The standard InChI is InChI=1S/C13H19N3O2S2/c14-13(18)15-10(11-3-1-7-20-11)9-12(17)16-4-2-6-19-8-5-16/h1,3,7,10H,2,4-6,8-9H2,(H3,14,15,18). The predicted molar refractivity (Wildman–Crippen MR) is 82.9 cm³/mol. The number of hydrogen-bond acceptors (Lipinski definition) is 4. The van der Waals surface area contributed by atoms with Gasteiger partial charge in [0, 0.05) is 23.7 Å². The summed E-state index contributed by atoms with van der Waals surface area (Å²) >= 11 is 3.40. The van der Waals surface area contributed by atoms with Gasteiger partial charge in [0.05, 0.1) is 12.5 Å². The predicted octanol–water partition coefficient (Wildman–Crippen LogP) is 1.81. The highest BCUT2D eigenvalue weighted by molar-refractivity contribution is 7.99. The van der Waals surface area contributed by atoms with Gasteiger partial charge in [-0.2, -0.15) is 11.8 Å². The highest BCUT2D eigenvalue weighted by Crippen LogP contribution is 2.23. The second-order valence-corrected chi connectivity index (χ2v) is 6.83. The van der Waals surface area contributed by atoms with E-state index in [0.29, 0.717) is 0 Å². The van der Waals surface area contributed by atoms with Crippen molar-refractivity contribution >= 4 is 35.0 Å². The van der Waals surface area contributed by atoms with E-state index in [1.165, 1.54) is 11.3 Å². The highest BCUT2D eigenvalue weighted by Gasteiger charge is 2.22. The fraction of sp³-hybridized carbons (Fsp3) is 0.538. The van der Waals surface area contributed by atoms with Crippen molar-refractivity contribution in [3.8, 4) is 0 Å². The number of nitrogens with two attached hydrogens (primary N) is 1. The fourth-order valence-corrected chi connectivity index (χ4v) is 3.85. The summed E-state index contributed by atoms with van der Waals surface area (Å²) in [4.78, 5) is 26.3. The number of nitrogens with one attached hydrogen (secondary N) is 1. The van der Waals surface area contributed by atoms with Gasteiger partial charge in [-0.25, -0.2) is 4.79 Å². The van der Waals surface area contributed by atoms with Crippen LogP contribution in [-0.2, 0) is 4.79 Å². The van der Waals surface area contributed by atoms with Crippen LogP contribution >= 0.6 is 23.1 Å². The number of nitrogens with zero attached hydrogens (tertiary/aromatic N) is 1. The lowest BCUT2D eigenvalue weighted by Crippen LogP contribution is -2.39. The lowest BCUT2D eigenvalue weighted by atomic mass is 10.1. The van der Waals surface area contributed by atoms with E-state index in [4.69, 9.17) is 5.73 Å². The number of carbonyl (C=O) groups is 2. The SMILES string of the molecule is NC(=O)NC(CC(=O)N1CCCSCC1)c1cccs1. The van der Waals surface area contributed by atoms with Crippen molar-refractivity contribution in [2.45, 2.75) is 18.9 Å². The first-order valence-corrected chi connectivity index (χ1v) is 8.65. The molecule has 1 aromatic rings. The van der Waals surface area contributed by atoms with E-state index in [2.05, 4.69) is 5.32 Å². The van der Waals surface area contributed by atoms with Crippen LogP contribution in [0.3, 0.4) is 0 Å². The van der Waals surface area contributed by atoms with Crippen LogP contribution in [0, 0.1) is 0 Å². The molecule has 0 aliphatic carbocycles. The summed E-state index contributed by atoms with van der Waals surface area (Å²) < 4.78 is 0. The molecular weight excluding hydrogens is 294 g/mol. The quantitative estimate of drug-likeness (QED) is 0.890. The van der Waals surface area contributed by atoms with Gasteiger partial charge in [0.25, 0.3) is 0 Å². The molecule has 0 saturated carbocycles. The Balaban J connectivity index is 1.99. The van der Waals surface area contributed by atoms with Crippen molar-refractivity contribution in [1.29, 1.82) is 0 Å². The van der Waals surface area contributed by atoms with E-state index in [-0.39, 0.29) is 18.4 Å². The Morgan fingerprint density at radius 1 is 1.40 bits per heavy atom. The molecule has 1 unspecified atom stereocenters. The van der Waals surface area contributed by atoms with Crippen LogP contribution in [0.25, 0.3) is 0 Å². The number of primary amides is 1. The lowest BCUT2D eigenvalue weighted by molar-refractivity contribution is -0.131. The minimum absolute atomic E-state index is 0.0830. The minimum Gasteiger partial charge on any atom is -0.352 e. The van der Waals surface area contributed by atoms with Crippen LogP contribution in [0.15, 0.2) is 17.5 Å². The van der Waals surface area contributed by atoms with Gasteiger partial charge < -0.3 is 16.0 Å². The van der Waals surface area contributed by atoms with E-state index in [1.54, 1.807) is 0 Å². The summed E-state index contributed by atoms with van der Waals surface area (Å²) in [6.07, 6.45) is 1.30. The van der Waals surface area contributed by atoms with Crippen molar-refractivity contribution < 1.29 is 9.59 Å². The summed E-state index contributed by atoms with van der Waals surface area (Å²) in [5.41, 5.74) is 5.20. The molecule has 2 rings (SSSR count). The Morgan fingerprint density at radius 2 is 2.25 bits per heavy atom. The molecule has 3 N–H and O–H groups in total. The molecule has 1 aliphatic rings. The molecule has 0 aromatic carbocycles. The molecule has 1 fully saturated rings. The van der Waals surface area contributed by atoms with E-state index in [9.17, 15) is 9.59 Å². The molecule has 110 valence electrons. The molecule has 20 heavy (non-hydrogen) atoms. The normalized spacial score (nSPS) is 17.3. The van der Waals surface area contributed by atoms with Crippen LogP contribution < -0.4 is 11.1 Å². The first-order chi connectivity index (χ1) is 9.66. The summed E-state index contributed by atoms with van der Waals surface area (Å²) in [6, 6.07) is 2.90. The van der Waals surface area contributed by atoms with Gasteiger partial charge >= 0.3 is 6.03 Å². The van der Waals surface area contributed by atoms with E-state index in [0.717, 1.165) is 35.9 Å². The molecule has 7 heteroatoms. The second kappa shape index (κ2) is 7.54. The Bertz CT molecular complexity index is 442. The lowest BCUT2D eigenvalue weighted by Gasteiger charge is -2.23. The molecule has 0 spiro atoms. The largest absolute Gasteiger partial charge is 0.352 e. The van der Waals surface area contributed by atoms with Crippen molar-refractivity contribution in [2.24, 2.45) is 5.73 Å². The molecule has 1 aromatic heterocycles. The van der Waals surface area contributed by atoms with Crippen molar-refractivity contribution in [3.05, 3.63) is 22.4 Å². The van der Waals surface area contributed by atoms with E-state index >= 15 is 0 Å². The third-order valence-electron chi connectivity index (χ3n) is 3.16. The zero-order valence-electron chi connectivity index (χ0n) is 11.2. The Labute approximate surface area is 126 Å². The topological polar surface area (TPSA) is 75.4 Å². The van der Waals surface area contributed by atoms with Gasteiger partial charge in [0.15, 0.2) is 0 Å². The van der Waals surface area contributed by atoms with Gasteiger partial charge in [-0.3, -0.25) is 4.79 Å². The Morgan fingerprint density at radius 3 is 2.95 bits per heavy atom.